The summed E-state index contributed by atoms with van der Waals surface area (Å²) in [4.78, 5) is 36.6. The SMILES string of the molecule is COC(=O)C/C=C/CCC(C)c1cc(O)c(C(=O)C(C)=Cc2ccc(OCC(C)C)cc2)c(=O)o1. The smallest absolute Gasteiger partial charge is 0.351 e. The lowest BCUT2D eigenvalue weighted by atomic mass is 9.99. The van der Waals surface area contributed by atoms with Gasteiger partial charge in [0.25, 0.3) is 0 Å². The van der Waals surface area contributed by atoms with E-state index in [0.717, 1.165) is 11.3 Å². The van der Waals surface area contributed by atoms with Gasteiger partial charge in [0, 0.05) is 12.0 Å². The Labute approximate surface area is 206 Å². The van der Waals surface area contributed by atoms with E-state index in [0.29, 0.717) is 36.7 Å². The summed E-state index contributed by atoms with van der Waals surface area (Å²) in [5.41, 5.74) is -0.199. The second kappa shape index (κ2) is 13.3. The van der Waals surface area contributed by atoms with Gasteiger partial charge in [0.1, 0.15) is 22.8 Å². The molecule has 0 saturated heterocycles. The Morgan fingerprint density at radius 1 is 1.11 bits per heavy atom. The molecular formula is C28H34O7. The number of esters is 1. The quantitative estimate of drug-likeness (QED) is 0.180. The molecule has 0 fully saturated rings. The Kier molecular flexibility index (Phi) is 10.5. The summed E-state index contributed by atoms with van der Waals surface area (Å²) in [6.45, 7) is 8.19. The van der Waals surface area contributed by atoms with E-state index in [1.807, 2.05) is 37.3 Å². The second-order valence-corrected chi connectivity index (χ2v) is 8.86. The van der Waals surface area contributed by atoms with Crippen LogP contribution >= 0.6 is 0 Å². The Balaban J connectivity index is 2.08. The molecule has 0 aliphatic rings. The van der Waals surface area contributed by atoms with Gasteiger partial charge in [-0.1, -0.05) is 45.1 Å². The highest BCUT2D eigenvalue weighted by Gasteiger charge is 2.22. The number of carbonyl (C=O) groups is 2. The van der Waals surface area contributed by atoms with Gasteiger partial charge >= 0.3 is 11.6 Å². The molecule has 0 aliphatic heterocycles. The van der Waals surface area contributed by atoms with Crippen LogP contribution in [-0.4, -0.2) is 30.6 Å². The summed E-state index contributed by atoms with van der Waals surface area (Å²) in [5, 5.41) is 10.5. The number of ketones is 1. The van der Waals surface area contributed by atoms with Crippen LogP contribution in [0.15, 0.2) is 57.3 Å². The van der Waals surface area contributed by atoms with Crippen molar-refractivity contribution < 1.29 is 28.6 Å². The minimum Gasteiger partial charge on any atom is -0.507 e. The van der Waals surface area contributed by atoms with Gasteiger partial charge < -0.3 is 19.0 Å². The monoisotopic (exact) mass is 482 g/mol. The third-order valence-electron chi connectivity index (χ3n) is 5.31. The van der Waals surface area contributed by atoms with E-state index in [1.54, 1.807) is 19.1 Å². The van der Waals surface area contributed by atoms with Crippen LogP contribution in [0.5, 0.6) is 11.5 Å². The van der Waals surface area contributed by atoms with Crippen LogP contribution < -0.4 is 10.4 Å². The molecule has 7 heteroatoms. The molecule has 2 rings (SSSR count). The third kappa shape index (κ3) is 8.59. The lowest BCUT2D eigenvalue weighted by molar-refractivity contribution is -0.139. The van der Waals surface area contributed by atoms with E-state index in [4.69, 9.17) is 9.15 Å². The Bertz CT molecular complexity index is 1120. The molecule has 0 saturated carbocycles. The summed E-state index contributed by atoms with van der Waals surface area (Å²) < 4.78 is 15.6. The van der Waals surface area contributed by atoms with E-state index in [1.165, 1.54) is 13.2 Å². The molecule has 2 aromatic rings. The van der Waals surface area contributed by atoms with Crippen molar-refractivity contribution in [3.8, 4) is 11.5 Å². The van der Waals surface area contributed by atoms with Gasteiger partial charge in [-0.2, -0.15) is 0 Å². The van der Waals surface area contributed by atoms with Crippen molar-refractivity contribution in [3.63, 3.8) is 0 Å². The van der Waals surface area contributed by atoms with Gasteiger partial charge in [-0.05, 0) is 55.0 Å². The third-order valence-corrected chi connectivity index (χ3v) is 5.31. The molecule has 0 bridgehead atoms. The summed E-state index contributed by atoms with van der Waals surface area (Å²) in [6, 6.07) is 8.60. The summed E-state index contributed by atoms with van der Waals surface area (Å²) in [7, 11) is 1.33. The summed E-state index contributed by atoms with van der Waals surface area (Å²) >= 11 is 0. The van der Waals surface area contributed by atoms with E-state index in [9.17, 15) is 19.5 Å². The fourth-order valence-corrected chi connectivity index (χ4v) is 3.26. The zero-order chi connectivity index (χ0) is 26.0. The largest absolute Gasteiger partial charge is 0.507 e. The minimum atomic E-state index is -0.872. The average molecular weight is 483 g/mol. The molecule has 7 nitrogen and oxygen atoms in total. The number of hydrogen-bond acceptors (Lipinski definition) is 7. The molecule has 0 spiro atoms. The predicted octanol–water partition coefficient (Wildman–Crippen LogP) is 5.67. The number of methoxy groups -OCH3 is 1. The molecule has 1 atom stereocenters. The van der Waals surface area contributed by atoms with Crippen molar-refractivity contribution in [2.75, 3.05) is 13.7 Å². The zero-order valence-electron chi connectivity index (χ0n) is 21.0. The van der Waals surface area contributed by atoms with E-state index < -0.39 is 17.2 Å². The Morgan fingerprint density at radius 3 is 2.40 bits per heavy atom. The first-order chi connectivity index (χ1) is 16.6. The first-order valence-electron chi connectivity index (χ1n) is 11.7. The van der Waals surface area contributed by atoms with Crippen LogP contribution in [0.25, 0.3) is 6.08 Å². The van der Waals surface area contributed by atoms with Crippen LogP contribution in [0.3, 0.4) is 0 Å². The highest BCUT2D eigenvalue weighted by Crippen LogP contribution is 2.26. The maximum Gasteiger partial charge on any atom is 0.351 e. The number of Topliss-reactive ketones (excluding diaryl/α,β-unsaturated/α-hetero) is 1. The van der Waals surface area contributed by atoms with E-state index >= 15 is 0 Å². The molecule has 0 amide bonds. The van der Waals surface area contributed by atoms with Crippen molar-refractivity contribution in [2.45, 2.75) is 52.9 Å². The van der Waals surface area contributed by atoms with Crippen molar-refractivity contribution in [3.05, 3.63) is 75.4 Å². The van der Waals surface area contributed by atoms with Crippen LogP contribution in [0, 0.1) is 5.92 Å². The number of allylic oxidation sites excluding steroid dienone is 2. The molecule has 1 aromatic heterocycles. The maximum atomic E-state index is 12.9. The molecule has 188 valence electrons. The molecule has 1 N–H and O–H groups in total. The number of benzene rings is 1. The molecule has 1 aromatic carbocycles. The standard InChI is InChI=1S/C28H34O7/c1-18(2)17-34-22-13-11-21(12-14-22)15-20(4)27(31)26-23(29)16-24(35-28(26)32)19(3)9-7-6-8-10-25(30)33-5/h6,8,11-16,18-19,29H,7,9-10,17H2,1-5H3/b8-6+,20-15?. The minimum absolute atomic E-state index is 0.173. The fraction of sp³-hybridized carbons (Fsp3) is 0.393. The van der Waals surface area contributed by atoms with E-state index in [-0.39, 0.29) is 23.9 Å². The molecule has 1 unspecified atom stereocenters. The first kappa shape index (κ1) is 27.6. The lowest BCUT2D eigenvalue weighted by Gasteiger charge is -2.11. The van der Waals surface area contributed by atoms with E-state index in [2.05, 4.69) is 18.6 Å². The Morgan fingerprint density at radius 2 is 1.80 bits per heavy atom. The number of rotatable bonds is 12. The molecule has 35 heavy (non-hydrogen) atoms. The summed E-state index contributed by atoms with van der Waals surface area (Å²) in [6.07, 6.45) is 6.68. The zero-order valence-corrected chi connectivity index (χ0v) is 21.0. The van der Waals surface area contributed by atoms with Crippen molar-refractivity contribution >= 4 is 17.8 Å². The van der Waals surface area contributed by atoms with Crippen LogP contribution in [0.4, 0.5) is 0 Å². The van der Waals surface area contributed by atoms with Gasteiger partial charge in [0.2, 0.25) is 0 Å². The van der Waals surface area contributed by atoms with Gasteiger partial charge in [0.15, 0.2) is 5.78 Å². The fourth-order valence-electron chi connectivity index (χ4n) is 3.26. The van der Waals surface area contributed by atoms with Gasteiger partial charge in [-0.15, -0.1) is 0 Å². The van der Waals surface area contributed by atoms with Gasteiger partial charge in [-0.25, -0.2) is 4.79 Å². The molecule has 0 radical (unpaired) electrons. The molecule has 1 heterocycles. The second-order valence-electron chi connectivity index (χ2n) is 8.86. The molecule has 0 aliphatic carbocycles. The average Bonchev–Trinajstić information content (AvgIpc) is 2.82. The topological polar surface area (TPSA) is 103 Å². The number of ether oxygens (including phenoxy) is 2. The Hall–Kier alpha value is -3.61. The molecular weight excluding hydrogens is 448 g/mol. The first-order valence-corrected chi connectivity index (χ1v) is 11.7. The highest BCUT2D eigenvalue weighted by molar-refractivity contribution is 6.12. The van der Waals surface area contributed by atoms with Gasteiger partial charge in [0.05, 0.1) is 20.1 Å². The van der Waals surface area contributed by atoms with Crippen LogP contribution in [-0.2, 0) is 9.53 Å². The predicted molar refractivity (Wildman–Crippen MR) is 135 cm³/mol. The van der Waals surface area contributed by atoms with Crippen molar-refractivity contribution in [1.29, 1.82) is 0 Å². The highest BCUT2D eigenvalue weighted by atomic mass is 16.5. The number of carbonyl (C=O) groups excluding carboxylic acids is 2. The normalized spacial score (nSPS) is 12.7. The maximum absolute atomic E-state index is 12.9. The lowest BCUT2D eigenvalue weighted by Crippen LogP contribution is -2.16. The number of hydrogen-bond donors (Lipinski definition) is 1. The van der Waals surface area contributed by atoms with Crippen molar-refractivity contribution in [2.24, 2.45) is 5.92 Å². The summed E-state index contributed by atoms with van der Waals surface area (Å²) in [5.74, 6) is -0.0409. The van der Waals surface area contributed by atoms with Gasteiger partial charge in [-0.3, -0.25) is 9.59 Å². The van der Waals surface area contributed by atoms with Crippen LogP contribution in [0.1, 0.15) is 74.6 Å². The van der Waals surface area contributed by atoms with Crippen LogP contribution in [0.2, 0.25) is 0 Å². The number of aromatic hydroxyl groups is 1. The van der Waals surface area contributed by atoms with Crippen molar-refractivity contribution in [1.82, 2.24) is 0 Å².